The maximum Gasteiger partial charge on any atom is 0.387 e. The van der Waals surface area contributed by atoms with E-state index in [1.165, 1.54) is 29.4 Å². The number of likely N-dealkylation sites (N-methyl/N-ethyl adjacent to an activating group) is 1. The number of halogens is 3. The van der Waals surface area contributed by atoms with Crippen LogP contribution in [0, 0.1) is 0 Å². The van der Waals surface area contributed by atoms with Gasteiger partial charge in [-0.3, -0.25) is 4.79 Å². The van der Waals surface area contributed by atoms with Gasteiger partial charge in [0.25, 0.3) is 0 Å². The molecule has 10 heteroatoms. The van der Waals surface area contributed by atoms with Crippen molar-refractivity contribution in [3.05, 3.63) is 69.1 Å². The molecule has 0 saturated carbocycles. The Kier molecular flexibility index (Phi) is 8.24. The molecular weight excluding hydrogens is 462 g/mol. The number of amides is 1. The highest BCUT2D eigenvalue weighted by atomic mass is 35.5. The van der Waals surface area contributed by atoms with Gasteiger partial charge in [0.05, 0.1) is 19.2 Å². The number of carbonyl (C=O) groups excluding carboxylic acids is 1. The van der Waals surface area contributed by atoms with E-state index in [4.69, 9.17) is 21.1 Å². The molecule has 1 heterocycles. The fourth-order valence-electron chi connectivity index (χ4n) is 2.83. The second-order valence-corrected chi connectivity index (χ2v) is 8.14. The number of hydrogen-bond donors (Lipinski definition) is 0. The Morgan fingerprint density at radius 3 is 2.62 bits per heavy atom. The van der Waals surface area contributed by atoms with E-state index in [-0.39, 0.29) is 30.4 Å². The Labute approximate surface area is 193 Å². The standard InChI is InChI=1S/C22H21ClF2N2O4S/c1-27(11-14-3-8-18(31-22(24)25)19(9-14)29-2)21(28)10-16-13-32-20(26-16)12-30-17-6-4-15(23)5-7-17/h3-9,13,22H,10-12H2,1-2H3. The Morgan fingerprint density at radius 2 is 1.94 bits per heavy atom. The third-order valence-corrected chi connectivity index (χ3v) is 5.52. The van der Waals surface area contributed by atoms with Crippen molar-refractivity contribution in [1.29, 1.82) is 0 Å². The SMILES string of the molecule is COc1cc(CN(C)C(=O)Cc2csc(COc3ccc(Cl)cc3)n2)ccc1OC(F)F. The molecule has 0 aliphatic rings. The van der Waals surface area contributed by atoms with E-state index in [1.54, 1.807) is 43.4 Å². The van der Waals surface area contributed by atoms with Crippen molar-refractivity contribution in [2.24, 2.45) is 0 Å². The second kappa shape index (κ2) is 11.1. The van der Waals surface area contributed by atoms with Crippen LogP contribution in [0.15, 0.2) is 47.8 Å². The van der Waals surface area contributed by atoms with E-state index >= 15 is 0 Å². The summed E-state index contributed by atoms with van der Waals surface area (Å²) in [5, 5.41) is 3.21. The number of hydrogen-bond acceptors (Lipinski definition) is 6. The average Bonchev–Trinajstić information content (AvgIpc) is 3.21. The van der Waals surface area contributed by atoms with E-state index in [9.17, 15) is 13.6 Å². The maximum atomic E-state index is 12.6. The molecule has 1 aromatic heterocycles. The fraction of sp³-hybridized carbons (Fsp3) is 0.273. The zero-order chi connectivity index (χ0) is 23.1. The molecule has 3 aromatic rings. The molecule has 0 atom stereocenters. The predicted molar refractivity (Wildman–Crippen MR) is 118 cm³/mol. The van der Waals surface area contributed by atoms with Crippen molar-refractivity contribution in [1.82, 2.24) is 9.88 Å². The summed E-state index contributed by atoms with van der Waals surface area (Å²) in [6.45, 7) is -2.37. The minimum Gasteiger partial charge on any atom is -0.493 e. The quantitative estimate of drug-likeness (QED) is 0.398. The van der Waals surface area contributed by atoms with Gasteiger partial charge in [-0.2, -0.15) is 8.78 Å². The third-order valence-electron chi connectivity index (χ3n) is 4.40. The van der Waals surface area contributed by atoms with Gasteiger partial charge < -0.3 is 19.1 Å². The molecule has 0 aliphatic heterocycles. The van der Waals surface area contributed by atoms with E-state index in [2.05, 4.69) is 9.72 Å². The number of benzene rings is 2. The summed E-state index contributed by atoms with van der Waals surface area (Å²) in [5.74, 6) is 0.666. The van der Waals surface area contributed by atoms with Crippen molar-refractivity contribution >= 4 is 28.8 Å². The first-order valence-corrected chi connectivity index (χ1v) is 10.8. The van der Waals surface area contributed by atoms with E-state index in [1.807, 2.05) is 5.38 Å². The van der Waals surface area contributed by atoms with E-state index < -0.39 is 6.61 Å². The average molecular weight is 483 g/mol. The zero-order valence-corrected chi connectivity index (χ0v) is 19.0. The molecule has 2 aromatic carbocycles. The largest absolute Gasteiger partial charge is 0.493 e. The molecule has 3 rings (SSSR count). The first-order chi connectivity index (χ1) is 15.3. The van der Waals surface area contributed by atoms with Crippen LogP contribution in [0.4, 0.5) is 8.78 Å². The first kappa shape index (κ1) is 23.7. The van der Waals surface area contributed by atoms with Crippen LogP contribution in [0.1, 0.15) is 16.3 Å². The second-order valence-electron chi connectivity index (χ2n) is 6.77. The van der Waals surface area contributed by atoms with Gasteiger partial charge in [-0.05, 0) is 42.0 Å². The van der Waals surface area contributed by atoms with Crippen LogP contribution in [0.2, 0.25) is 5.02 Å². The molecule has 1 amide bonds. The molecule has 0 saturated heterocycles. The Balaban J connectivity index is 1.54. The van der Waals surface area contributed by atoms with Crippen LogP contribution in [-0.4, -0.2) is 36.6 Å². The normalized spacial score (nSPS) is 10.8. The van der Waals surface area contributed by atoms with Crippen LogP contribution in [0.25, 0.3) is 0 Å². The molecule has 0 radical (unpaired) electrons. The number of methoxy groups -OCH3 is 1. The molecule has 6 nitrogen and oxygen atoms in total. The molecule has 0 bridgehead atoms. The molecule has 0 fully saturated rings. The van der Waals surface area contributed by atoms with Crippen molar-refractivity contribution in [2.45, 2.75) is 26.2 Å². The summed E-state index contributed by atoms with van der Waals surface area (Å²) in [4.78, 5) is 18.6. The highest BCUT2D eigenvalue weighted by Gasteiger charge is 2.15. The van der Waals surface area contributed by atoms with Gasteiger partial charge >= 0.3 is 6.61 Å². The van der Waals surface area contributed by atoms with Crippen molar-refractivity contribution in [3.63, 3.8) is 0 Å². The lowest BCUT2D eigenvalue weighted by molar-refractivity contribution is -0.129. The van der Waals surface area contributed by atoms with Crippen molar-refractivity contribution in [3.8, 4) is 17.2 Å². The molecule has 0 unspecified atom stereocenters. The van der Waals surface area contributed by atoms with Gasteiger partial charge in [0, 0.05) is 24.0 Å². The highest BCUT2D eigenvalue weighted by Crippen LogP contribution is 2.30. The van der Waals surface area contributed by atoms with Crippen molar-refractivity contribution in [2.75, 3.05) is 14.2 Å². The molecule has 170 valence electrons. The first-order valence-electron chi connectivity index (χ1n) is 9.51. The number of carbonyl (C=O) groups is 1. The Bertz CT molecular complexity index is 1050. The smallest absolute Gasteiger partial charge is 0.387 e. The van der Waals surface area contributed by atoms with Crippen LogP contribution < -0.4 is 14.2 Å². The summed E-state index contributed by atoms with van der Waals surface area (Å²) < 4.78 is 40.1. The van der Waals surface area contributed by atoms with Crippen LogP contribution >= 0.6 is 22.9 Å². The summed E-state index contributed by atoms with van der Waals surface area (Å²) >= 11 is 7.27. The van der Waals surface area contributed by atoms with Crippen LogP contribution in [-0.2, 0) is 24.4 Å². The lowest BCUT2D eigenvalue weighted by Crippen LogP contribution is -2.27. The minimum absolute atomic E-state index is 0.0592. The minimum atomic E-state index is -2.95. The number of nitrogens with zero attached hydrogens (tertiary/aromatic N) is 2. The van der Waals surface area contributed by atoms with Gasteiger partial charge in [-0.15, -0.1) is 11.3 Å². The van der Waals surface area contributed by atoms with E-state index in [0.29, 0.717) is 23.1 Å². The number of rotatable bonds is 10. The lowest BCUT2D eigenvalue weighted by Gasteiger charge is -2.18. The van der Waals surface area contributed by atoms with Crippen LogP contribution in [0.3, 0.4) is 0 Å². The van der Waals surface area contributed by atoms with Gasteiger partial charge in [0.2, 0.25) is 5.91 Å². The predicted octanol–water partition coefficient (Wildman–Crippen LogP) is 5.19. The molecule has 32 heavy (non-hydrogen) atoms. The van der Waals surface area contributed by atoms with Gasteiger partial charge in [-0.1, -0.05) is 17.7 Å². The third kappa shape index (κ3) is 6.80. The Hall–Kier alpha value is -2.91. The van der Waals surface area contributed by atoms with E-state index in [0.717, 1.165) is 10.6 Å². The molecule has 0 N–H and O–H groups in total. The monoisotopic (exact) mass is 482 g/mol. The number of ether oxygens (including phenoxy) is 3. The summed E-state index contributed by atoms with van der Waals surface area (Å²) in [6, 6.07) is 11.6. The summed E-state index contributed by atoms with van der Waals surface area (Å²) in [7, 11) is 3.03. The van der Waals surface area contributed by atoms with Gasteiger partial charge in [0.1, 0.15) is 17.4 Å². The zero-order valence-electron chi connectivity index (χ0n) is 17.4. The molecule has 0 spiro atoms. The summed E-state index contributed by atoms with van der Waals surface area (Å²) in [5.41, 5.74) is 1.37. The van der Waals surface area contributed by atoms with Gasteiger partial charge in [-0.25, -0.2) is 4.98 Å². The molecular formula is C22H21ClF2N2O4S. The Morgan fingerprint density at radius 1 is 1.19 bits per heavy atom. The summed E-state index contributed by atoms with van der Waals surface area (Å²) in [6.07, 6.45) is 0.137. The van der Waals surface area contributed by atoms with Crippen LogP contribution in [0.5, 0.6) is 17.2 Å². The van der Waals surface area contributed by atoms with Crippen molar-refractivity contribution < 1.29 is 27.8 Å². The lowest BCUT2D eigenvalue weighted by atomic mass is 10.2. The maximum absolute atomic E-state index is 12.6. The number of aromatic nitrogens is 1. The number of alkyl halides is 2. The van der Waals surface area contributed by atoms with Gasteiger partial charge in [0.15, 0.2) is 11.5 Å². The highest BCUT2D eigenvalue weighted by molar-refractivity contribution is 7.09. The number of thiazole rings is 1. The fourth-order valence-corrected chi connectivity index (χ4v) is 3.66. The topological polar surface area (TPSA) is 60.9 Å². The molecule has 0 aliphatic carbocycles.